The number of nitrogens with one attached hydrogen (secondary N) is 1. The van der Waals surface area contributed by atoms with Gasteiger partial charge in [-0.3, -0.25) is 9.78 Å². The maximum absolute atomic E-state index is 12.5. The van der Waals surface area contributed by atoms with Gasteiger partial charge in [-0.25, -0.2) is 9.97 Å². The summed E-state index contributed by atoms with van der Waals surface area (Å²) < 4.78 is 0. The van der Waals surface area contributed by atoms with E-state index in [9.17, 15) is 4.79 Å². The van der Waals surface area contributed by atoms with E-state index in [1.807, 2.05) is 30.3 Å². The third kappa shape index (κ3) is 5.45. The van der Waals surface area contributed by atoms with Crippen molar-refractivity contribution in [3.8, 4) is 11.4 Å². The van der Waals surface area contributed by atoms with Crippen molar-refractivity contribution in [3.05, 3.63) is 82.1 Å². The van der Waals surface area contributed by atoms with E-state index in [0.29, 0.717) is 33.1 Å². The number of aromatic nitrogens is 3. The smallest absolute Gasteiger partial charge is 0.251 e. The fraction of sp³-hybridized carbons (Fsp3) is 0.286. The van der Waals surface area contributed by atoms with Gasteiger partial charge in [0, 0.05) is 30.2 Å². The SMILES string of the molecule is C[C@@H]1C[C@H](C)CN(c2cccc(-c3ccc4cnc(CNC(=O)c5ccc(Cl)c(Cl)c5)cc4n3)n2)C1. The van der Waals surface area contributed by atoms with Crippen molar-refractivity contribution in [2.75, 3.05) is 18.0 Å². The van der Waals surface area contributed by atoms with E-state index >= 15 is 0 Å². The standard InChI is InChI=1S/C28H27Cl2N5O/c1-17-10-18(2)16-35(15-17)27-5-3-4-24(34-27)25-9-7-20-13-31-21(12-26(20)33-25)14-32-28(36)19-6-8-22(29)23(30)11-19/h3-9,11-13,17-18H,10,14-16H2,1-2H3,(H,32,36)/t17-,18+. The monoisotopic (exact) mass is 519 g/mol. The molecule has 6 nitrogen and oxygen atoms in total. The Morgan fingerprint density at radius 2 is 1.75 bits per heavy atom. The summed E-state index contributed by atoms with van der Waals surface area (Å²) in [6.07, 6.45) is 3.03. The Hall–Kier alpha value is -3.22. The molecule has 2 atom stereocenters. The Morgan fingerprint density at radius 1 is 0.972 bits per heavy atom. The highest BCUT2D eigenvalue weighted by Gasteiger charge is 2.23. The molecule has 1 saturated heterocycles. The molecule has 1 fully saturated rings. The number of carbonyl (C=O) groups is 1. The minimum atomic E-state index is -0.250. The molecule has 0 spiro atoms. The second-order valence-corrected chi connectivity index (χ2v) is 10.4. The Balaban J connectivity index is 1.34. The molecule has 0 bridgehead atoms. The van der Waals surface area contributed by atoms with E-state index < -0.39 is 0 Å². The van der Waals surface area contributed by atoms with Crippen molar-refractivity contribution >= 4 is 45.8 Å². The highest BCUT2D eigenvalue weighted by molar-refractivity contribution is 6.42. The molecule has 0 unspecified atom stereocenters. The van der Waals surface area contributed by atoms with Crippen molar-refractivity contribution in [1.82, 2.24) is 20.3 Å². The maximum atomic E-state index is 12.5. The Bertz CT molecular complexity index is 1420. The minimum Gasteiger partial charge on any atom is -0.356 e. The number of rotatable bonds is 5. The lowest BCUT2D eigenvalue weighted by molar-refractivity contribution is 0.0950. The number of nitrogens with zero attached hydrogens (tertiary/aromatic N) is 4. The van der Waals surface area contributed by atoms with Crippen LogP contribution in [0, 0.1) is 11.8 Å². The molecule has 3 aromatic heterocycles. The first-order valence-corrected chi connectivity index (χ1v) is 12.8. The average Bonchev–Trinajstić information content (AvgIpc) is 2.88. The number of piperidine rings is 1. The number of hydrogen-bond acceptors (Lipinski definition) is 5. The molecule has 36 heavy (non-hydrogen) atoms. The topological polar surface area (TPSA) is 71.0 Å². The van der Waals surface area contributed by atoms with E-state index in [4.69, 9.17) is 33.2 Å². The van der Waals surface area contributed by atoms with Gasteiger partial charge < -0.3 is 10.2 Å². The largest absolute Gasteiger partial charge is 0.356 e. The van der Waals surface area contributed by atoms with Crippen LogP contribution < -0.4 is 10.2 Å². The molecule has 1 amide bonds. The van der Waals surface area contributed by atoms with Gasteiger partial charge in [-0.1, -0.05) is 43.1 Å². The van der Waals surface area contributed by atoms with E-state index in [-0.39, 0.29) is 12.5 Å². The molecular formula is C28H27Cl2N5O. The van der Waals surface area contributed by atoms with E-state index in [0.717, 1.165) is 41.2 Å². The average molecular weight is 520 g/mol. The number of hydrogen-bond donors (Lipinski definition) is 1. The molecule has 1 aliphatic rings. The highest BCUT2D eigenvalue weighted by atomic mass is 35.5. The van der Waals surface area contributed by atoms with Crippen LogP contribution in [-0.2, 0) is 6.54 Å². The third-order valence-corrected chi connectivity index (χ3v) is 7.17. The predicted octanol–water partition coefficient (Wildman–Crippen LogP) is 6.41. The number of benzene rings is 1. The number of carbonyl (C=O) groups excluding carboxylic acids is 1. The number of anilines is 1. The van der Waals surface area contributed by atoms with Crippen LogP contribution in [0.5, 0.6) is 0 Å². The first kappa shape index (κ1) is 24.5. The number of amides is 1. The molecule has 8 heteroatoms. The van der Waals surface area contributed by atoms with Gasteiger partial charge in [-0.05, 0) is 66.8 Å². The van der Waals surface area contributed by atoms with Crippen LogP contribution in [0.3, 0.4) is 0 Å². The van der Waals surface area contributed by atoms with Crippen LogP contribution >= 0.6 is 23.2 Å². The molecule has 0 radical (unpaired) electrons. The number of pyridine rings is 3. The zero-order valence-corrected chi connectivity index (χ0v) is 21.7. The van der Waals surface area contributed by atoms with Gasteiger partial charge in [-0.2, -0.15) is 0 Å². The second-order valence-electron chi connectivity index (χ2n) is 9.61. The van der Waals surface area contributed by atoms with Crippen LogP contribution in [0.15, 0.2) is 60.8 Å². The molecule has 1 aromatic carbocycles. The van der Waals surface area contributed by atoms with Crippen LogP contribution in [0.1, 0.15) is 36.3 Å². The summed E-state index contributed by atoms with van der Waals surface area (Å²) in [5, 5.41) is 4.55. The van der Waals surface area contributed by atoms with Crippen LogP contribution in [0.25, 0.3) is 22.3 Å². The van der Waals surface area contributed by atoms with Gasteiger partial charge in [0.15, 0.2) is 0 Å². The van der Waals surface area contributed by atoms with Crippen LogP contribution in [0.4, 0.5) is 5.82 Å². The molecule has 5 rings (SSSR count). The summed E-state index contributed by atoms with van der Waals surface area (Å²) >= 11 is 12.0. The zero-order valence-electron chi connectivity index (χ0n) is 20.2. The molecule has 1 N–H and O–H groups in total. The van der Waals surface area contributed by atoms with Crippen molar-refractivity contribution in [2.24, 2.45) is 11.8 Å². The van der Waals surface area contributed by atoms with E-state index in [1.54, 1.807) is 24.4 Å². The summed E-state index contributed by atoms with van der Waals surface area (Å²) in [6.45, 7) is 6.91. The number of fused-ring (bicyclic) bond motifs is 1. The molecule has 0 aliphatic carbocycles. The molecule has 0 saturated carbocycles. The fourth-order valence-electron chi connectivity index (χ4n) is 4.80. The van der Waals surface area contributed by atoms with E-state index in [2.05, 4.69) is 35.1 Å². The van der Waals surface area contributed by atoms with Gasteiger partial charge >= 0.3 is 0 Å². The zero-order chi connectivity index (χ0) is 25.2. The third-order valence-electron chi connectivity index (χ3n) is 6.43. The molecule has 4 aromatic rings. The lowest BCUT2D eigenvalue weighted by Crippen LogP contribution is -2.39. The van der Waals surface area contributed by atoms with Crippen molar-refractivity contribution in [2.45, 2.75) is 26.8 Å². The Labute approximate surface area is 220 Å². The summed E-state index contributed by atoms with van der Waals surface area (Å²) in [6, 6.07) is 16.8. The summed E-state index contributed by atoms with van der Waals surface area (Å²) in [7, 11) is 0. The lowest BCUT2D eigenvalue weighted by Gasteiger charge is -2.35. The maximum Gasteiger partial charge on any atom is 0.251 e. The summed E-state index contributed by atoms with van der Waals surface area (Å²) in [4.78, 5) is 29.2. The Morgan fingerprint density at radius 3 is 2.53 bits per heavy atom. The first-order chi connectivity index (χ1) is 17.4. The summed E-state index contributed by atoms with van der Waals surface area (Å²) in [5.41, 5.74) is 3.59. The Kier molecular flexibility index (Phi) is 7.08. The molecule has 1 aliphatic heterocycles. The molecule has 184 valence electrons. The lowest BCUT2D eigenvalue weighted by atomic mass is 9.92. The summed E-state index contributed by atoms with van der Waals surface area (Å²) in [5.74, 6) is 2.05. The normalized spacial score (nSPS) is 17.8. The van der Waals surface area contributed by atoms with Gasteiger partial charge in [-0.15, -0.1) is 0 Å². The second kappa shape index (κ2) is 10.4. The van der Waals surface area contributed by atoms with Gasteiger partial charge in [0.1, 0.15) is 5.82 Å². The predicted molar refractivity (Wildman–Crippen MR) is 146 cm³/mol. The van der Waals surface area contributed by atoms with Crippen molar-refractivity contribution < 1.29 is 4.79 Å². The van der Waals surface area contributed by atoms with Crippen molar-refractivity contribution in [3.63, 3.8) is 0 Å². The first-order valence-electron chi connectivity index (χ1n) is 12.1. The fourth-order valence-corrected chi connectivity index (χ4v) is 5.10. The minimum absolute atomic E-state index is 0.250. The van der Waals surface area contributed by atoms with E-state index in [1.165, 1.54) is 6.42 Å². The number of halogens is 2. The molecular weight excluding hydrogens is 493 g/mol. The van der Waals surface area contributed by atoms with Gasteiger partial charge in [0.2, 0.25) is 0 Å². The van der Waals surface area contributed by atoms with Crippen LogP contribution in [-0.4, -0.2) is 33.9 Å². The molecule has 4 heterocycles. The van der Waals surface area contributed by atoms with Crippen molar-refractivity contribution in [1.29, 1.82) is 0 Å². The van der Waals surface area contributed by atoms with Crippen LogP contribution in [0.2, 0.25) is 10.0 Å². The highest BCUT2D eigenvalue weighted by Crippen LogP contribution is 2.27. The van der Waals surface area contributed by atoms with Gasteiger partial charge in [0.25, 0.3) is 5.91 Å². The van der Waals surface area contributed by atoms with Gasteiger partial charge in [0.05, 0.1) is 39.2 Å². The quantitative estimate of drug-likeness (QED) is 0.329.